The highest BCUT2D eigenvalue weighted by molar-refractivity contribution is 7.12. The van der Waals surface area contributed by atoms with Crippen LogP contribution in [0.5, 0.6) is 0 Å². The molecule has 0 radical (unpaired) electrons. The largest absolute Gasteiger partial charge is 0.386 e. The third-order valence-corrected chi connectivity index (χ3v) is 5.33. The monoisotopic (exact) mass is 346 g/mol. The van der Waals surface area contributed by atoms with Crippen molar-refractivity contribution >= 4 is 23.1 Å². The fraction of sp³-hybridized carbons (Fsp3) is 0.471. The Morgan fingerprint density at radius 3 is 3.00 bits per heavy atom. The Balaban J connectivity index is 1.64. The molecule has 0 aromatic carbocycles. The molecule has 0 spiro atoms. The van der Waals surface area contributed by atoms with Gasteiger partial charge in [-0.05, 0) is 43.7 Å². The third kappa shape index (κ3) is 3.73. The molecule has 0 aliphatic carbocycles. The first-order valence-electron chi connectivity index (χ1n) is 8.05. The number of carbonyl (C=O) groups excluding carboxylic acids is 1. The number of carbonyl (C=O) groups is 1. The summed E-state index contributed by atoms with van der Waals surface area (Å²) in [5.41, 5.74) is 0.916. The standard InChI is InChI=1S/C17H22N4O2S/c1-12-4-7-24-15(12)16(22)18-9-17(23)5-3-6-21(10-17)14-8-13(2)19-11-20-14/h4,7-8,11,23H,3,5-6,9-10H2,1-2H3,(H,18,22)/t17-/m1/s1. The van der Waals surface area contributed by atoms with E-state index < -0.39 is 5.60 Å². The topological polar surface area (TPSA) is 78.4 Å². The van der Waals surface area contributed by atoms with E-state index in [2.05, 4.69) is 20.2 Å². The van der Waals surface area contributed by atoms with Gasteiger partial charge in [-0.1, -0.05) is 0 Å². The summed E-state index contributed by atoms with van der Waals surface area (Å²) >= 11 is 1.42. The molecule has 2 aromatic heterocycles. The van der Waals surface area contributed by atoms with Crippen LogP contribution in [0.4, 0.5) is 5.82 Å². The van der Waals surface area contributed by atoms with Crippen molar-refractivity contribution in [2.75, 3.05) is 24.5 Å². The Kier molecular flexibility index (Phi) is 4.82. The van der Waals surface area contributed by atoms with E-state index in [0.717, 1.165) is 30.0 Å². The average molecular weight is 346 g/mol. The van der Waals surface area contributed by atoms with Crippen LogP contribution in [0.2, 0.25) is 0 Å². The van der Waals surface area contributed by atoms with Gasteiger partial charge in [0.25, 0.3) is 5.91 Å². The van der Waals surface area contributed by atoms with Crippen LogP contribution in [0.25, 0.3) is 0 Å². The molecule has 0 saturated carbocycles. The molecule has 0 bridgehead atoms. The fourth-order valence-electron chi connectivity index (χ4n) is 3.00. The summed E-state index contributed by atoms with van der Waals surface area (Å²) in [6, 6.07) is 3.84. The molecular formula is C17H22N4O2S. The van der Waals surface area contributed by atoms with Crippen molar-refractivity contribution < 1.29 is 9.90 Å². The molecule has 1 aliphatic heterocycles. The first kappa shape index (κ1) is 16.9. The maximum Gasteiger partial charge on any atom is 0.261 e. The molecule has 1 saturated heterocycles. The molecular weight excluding hydrogens is 324 g/mol. The van der Waals surface area contributed by atoms with Crippen LogP contribution in [-0.4, -0.2) is 46.2 Å². The van der Waals surface area contributed by atoms with Crippen LogP contribution in [0.3, 0.4) is 0 Å². The Labute approximate surface area is 145 Å². The number of aliphatic hydroxyl groups is 1. The van der Waals surface area contributed by atoms with E-state index >= 15 is 0 Å². The van der Waals surface area contributed by atoms with Gasteiger partial charge in [0.05, 0.1) is 10.5 Å². The summed E-state index contributed by atoms with van der Waals surface area (Å²) in [4.78, 5) is 23.4. The zero-order valence-electron chi connectivity index (χ0n) is 14.0. The third-order valence-electron chi connectivity index (χ3n) is 4.32. The second-order valence-corrected chi connectivity index (χ2v) is 7.30. The highest BCUT2D eigenvalue weighted by Crippen LogP contribution is 2.25. The summed E-state index contributed by atoms with van der Waals surface area (Å²) in [5, 5.41) is 15.7. The minimum Gasteiger partial charge on any atom is -0.386 e. The lowest BCUT2D eigenvalue weighted by atomic mass is 9.92. The van der Waals surface area contributed by atoms with E-state index in [-0.39, 0.29) is 12.5 Å². The first-order valence-corrected chi connectivity index (χ1v) is 8.93. The number of rotatable bonds is 4. The Bertz CT molecular complexity index is 733. The van der Waals surface area contributed by atoms with Crippen molar-refractivity contribution in [1.29, 1.82) is 0 Å². The number of hydrogen-bond acceptors (Lipinski definition) is 6. The average Bonchev–Trinajstić information content (AvgIpc) is 2.99. The Hall–Kier alpha value is -1.99. The SMILES string of the molecule is Cc1cc(N2CCC[C@@](O)(CNC(=O)c3sccc3C)C2)ncn1. The van der Waals surface area contributed by atoms with Crippen molar-refractivity contribution in [3.8, 4) is 0 Å². The molecule has 0 unspecified atom stereocenters. The lowest BCUT2D eigenvalue weighted by molar-refractivity contribution is 0.0255. The van der Waals surface area contributed by atoms with E-state index in [9.17, 15) is 9.90 Å². The van der Waals surface area contributed by atoms with Crippen molar-refractivity contribution in [3.05, 3.63) is 40.0 Å². The van der Waals surface area contributed by atoms with Crippen molar-refractivity contribution in [3.63, 3.8) is 0 Å². The van der Waals surface area contributed by atoms with Crippen LogP contribution in [0, 0.1) is 13.8 Å². The zero-order valence-corrected chi connectivity index (χ0v) is 14.8. The van der Waals surface area contributed by atoms with Gasteiger partial charge in [0.1, 0.15) is 12.1 Å². The molecule has 1 amide bonds. The summed E-state index contributed by atoms with van der Waals surface area (Å²) in [7, 11) is 0. The van der Waals surface area contributed by atoms with E-state index in [1.165, 1.54) is 11.3 Å². The van der Waals surface area contributed by atoms with Crippen LogP contribution in [0.1, 0.15) is 33.8 Å². The number of aromatic nitrogens is 2. The maximum absolute atomic E-state index is 12.3. The van der Waals surface area contributed by atoms with Crippen LogP contribution in [0.15, 0.2) is 23.8 Å². The lowest BCUT2D eigenvalue weighted by Crippen LogP contribution is -2.54. The lowest BCUT2D eigenvalue weighted by Gasteiger charge is -2.39. The van der Waals surface area contributed by atoms with Gasteiger partial charge < -0.3 is 15.3 Å². The number of hydrogen-bond donors (Lipinski definition) is 2. The molecule has 6 nitrogen and oxygen atoms in total. The second-order valence-electron chi connectivity index (χ2n) is 6.38. The number of nitrogens with one attached hydrogen (secondary N) is 1. The summed E-state index contributed by atoms with van der Waals surface area (Å²) < 4.78 is 0. The van der Waals surface area contributed by atoms with Crippen LogP contribution < -0.4 is 10.2 Å². The van der Waals surface area contributed by atoms with Crippen LogP contribution in [-0.2, 0) is 0 Å². The van der Waals surface area contributed by atoms with Gasteiger partial charge in [-0.25, -0.2) is 9.97 Å². The number of thiophene rings is 1. The molecule has 128 valence electrons. The normalized spacial score (nSPS) is 20.9. The van der Waals surface area contributed by atoms with E-state index in [0.29, 0.717) is 17.8 Å². The number of piperidine rings is 1. The molecule has 3 heterocycles. The summed E-state index contributed by atoms with van der Waals surface area (Å²) in [6.45, 7) is 5.37. The molecule has 3 rings (SSSR count). The van der Waals surface area contributed by atoms with Gasteiger partial charge in [0.2, 0.25) is 0 Å². The van der Waals surface area contributed by atoms with Gasteiger partial charge in [0.15, 0.2) is 0 Å². The molecule has 1 aliphatic rings. The second kappa shape index (κ2) is 6.86. The highest BCUT2D eigenvalue weighted by Gasteiger charge is 2.34. The van der Waals surface area contributed by atoms with Gasteiger partial charge in [0, 0.05) is 31.4 Å². The van der Waals surface area contributed by atoms with Gasteiger partial charge in [-0.2, -0.15) is 0 Å². The van der Waals surface area contributed by atoms with Gasteiger partial charge in [-0.3, -0.25) is 4.79 Å². The zero-order chi connectivity index (χ0) is 17.2. The molecule has 1 atom stereocenters. The molecule has 24 heavy (non-hydrogen) atoms. The fourth-order valence-corrected chi connectivity index (χ4v) is 3.84. The summed E-state index contributed by atoms with van der Waals surface area (Å²) in [5.74, 6) is 0.701. The quantitative estimate of drug-likeness (QED) is 0.884. The summed E-state index contributed by atoms with van der Waals surface area (Å²) in [6.07, 6.45) is 3.06. The van der Waals surface area contributed by atoms with Gasteiger partial charge >= 0.3 is 0 Å². The Morgan fingerprint density at radius 2 is 2.29 bits per heavy atom. The molecule has 7 heteroatoms. The smallest absolute Gasteiger partial charge is 0.261 e. The molecule has 1 fully saturated rings. The van der Waals surface area contributed by atoms with E-state index in [1.807, 2.05) is 31.4 Å². The maximum atomic E-state index is 12.3. The number of aryl methyl sites for hydroxylation is 2. The first-order chi connectivity index (χ1) is 11.5. The number of β-amino-alcohol motifs (C(OH)–C–C–N with tert-alkyl or cyclic N) is 1. The Morgan fingerprint density at radius 1 is 1.46 bits per heavy atom. The number of anilines is 1. The minimum atomic E-state index is -0.946. The highest BCUT2D eigenvalue weighted by atomic mass is 32.1. The minimum absolute atomic E-state index is 0.120. The van der Waals surface area contributed by atoms with Crippen molar-refractivity contribution in [1.82, 2.24) is 15.3 Å². The van der Waals surface area contributed by atoms with Crippen molar-refractivity contribution in [2.24, 2.45) is 0 Å². The molecule has 2 aromatic rings. The number of amides is 1. The van der Waals surface area contributed by atoms with E-state index in [4.69, 9.17) is 0 Å². The number of nitrogens with zero attached hydrogens (tertiary/aromatic N) is 3. The predicted octanol–water partition coefficient (Wildman–Crippen LogP) is 1.92. The van der Waals surface area contributed by atoms with E-state index in [1.54, 1.807) is 6.33 Å². The predicted molar refractivity (Wildman–Crippen MR) is 94.6 cm³/mol. The molecule has 2 N–H and O–H groups in total. The van der Waals surface area contributed by atoms with Crippen LogP contribution >= 0.6 is 11.3 Å². The van der Waals surface area contributed by atoms with Gasteiger partial charge in [-0.15, -0.1) is 11.3 Å². The van der Waals surface area contributed by atoms with Crippen molar-refractivity contribution in [2.45, 2.75) is 32.3 Å².